The summed E-state index contributed by atoms with van der Waals surface area (Å²) in [6, 6.07) is 4.25. The first-order chi connectivity index (χ1) is 21.6. The topological polar surface area (TPSA) is 102 Å². The number of methoxy groups -OCH3 is 2. The van der Waals surface area contributed by atoms with Crippen LogP contribution < -0.4 is 9.47 Å². The predicted molar refractivity (Wildman–Crippen MR) is 192 cm³/mol. The van der Waals surface area contributed by atoms with Gasteiger partial charge in [0.25, 0.3) is 0 Å². The second kappa shape index (κ2) is 17.0. The van der Waals surface area contributed by atoms with Crippen molar-refractivity contribution in [3.8, 4) is 23.3 Å². The zero-order valence-corrected chi connectivity index (χ0v) is 33.2. The van der Waals surface area contributed by atoms with Crippen LogP contribution in [0.4, 0.5) is 0 Å². The molecule has 0 bridgehead atoms. The van der Waals surface area contributed by atoms with Crippen LogP contribution in [0.3, 0.4) is 0 Å². The number of hydrogen-bond donors (Lipinski definition) is 1. The van der Waals surface area contributed by atoms with Crippen molar-refractivity contribution < 1.29 is 42.7 Å². The van der Waals surface area contributed by atoms with Gasteiger partial charge in [0.2, 0.25) is 0 Å². The summed E-state index contributed by atoms with van der Waals surface area (Å²) in [4.78, 5) is 13.4. The van der Waals surface area contributed by atoms with Crippen LogP contribution in [-0.2, 0) is 23.4 Å². The normalized spacial score (nSPS) is 20.3. The zero-order valence-electron chi connectivity index (χ0n) is 31.2. The van der Waals surface area contributed by atoms with E-state index in [4.69, 9.17) is 32.8 Å². The monoisotopic (exact) mass is 692 g/mol. The number of hydrogen-bond acceptors (Lipinski definition) is 9. The van der Waals surface area contributed by atoms with Gasteiger partial charge in [0.15, 0.2) is 20.9 Å². The third-order valence-corrected chi connectivity index (χ3v) is 14.9. The van der Waals surface area contributed by atoms with Gasteiger partial charge in [-0.3, -0.25) is 0 Å². The van der Waals surface area contributed by atoms with Crippen molar-refractivity contribution in [1.82, 2.24) is 0 Å². The molecular formula is C36H60O9Si2. The fourth-order valence-electron chi connectivity index (χ4n) is 4.64. The maximum absolute atomic E-state index is 13.4. The van der Waals surface area contributed by atoms with Crippen LogP contribution in [0.2, 0.25) is 43.8 Å². The first-order valence-electron chi connectivity index (χ1n) is 16.5. The molecule has 1 unspecified atom stereocenters. The Labute approximate surface area is 285 Å². The highest BCUT2D eigenvalue weighted by atomic mass is 28.4. The van der Waals surface area contributed by atoms with E-state index in [1.54, 1.807) is 19.2 Å². The molecule has 266 valence electrons. The Bertz CT molecular complexity index is 1270. The minimum absolute atomic E-state index is 0.0474. The Morgan fingerprint density at radius 3 is 2.32 bits per heavy atom. The summed E-state index contributed by atoms with van der Waals surface area (Å²) in [5.41, 5.74) is 0.845. The van der Waals surface area contributed by atoms with Gasteiger partial charge in [-0.1, -0.05) is 64.4 Å². The van der Waals surface area contributed by atoms with Crippen LogP contribution in [0.5, 0.6) is 11.5 Å². The minimum atomic E-state index is -1.96. The average molecular weight is 693 g/mol. The molecule has 11 heteroatoms. The van der Waals surface area contributed by atoms with Gasteiger partial charge in [0.1, 0.15) is 29.3 Å². The number of ether oxygens (including phenoxy) is 6. The number of rotatable bonds is 15. The lowest BCUT2D eigenvalue weighted by Crippen LogP contribution is -2.44. The van der Waals surface area contributed by atoms with Crippen LogP contribution >= 0.6 is 0 Å². The molecule has 0 radical (unpaired) electrons. The Morgan fingerprint density at radius 1 is 1.09 bits per heavy atom. The van der Waals surface area contributed by atoms with Crippen molar-refractivity contribution >= 4 is 28.4 Å². The molecule has 1 aromatic rings. The number of benzene rings is 1. The third-order valence-electron chi connectivity index (χ3n) is 8.61. The molecule has 1 fully saturated rings. The molecule has 1 aliphatic rings. The molecule has 47 heavy (non-hydrogen) atoms. The Hall–Kier alpha value is -2.18. The van der Waals surface area contributed by atoms with Gasteiger partial charge in [0.05, 0.1) is 25.9 Å². The second-order valence-corrected chi connectivity index (χ2v) is 25.8. The van der Waals surface area contributed by atoms with E-state index in [0.717, 1.165) is 6.04 Å². The molecule has 2 rings (SSSR count). The van der Waals surface area contributed by atoms with Crippen LogP contribution in [-0.4, -0.2) is 85.3 Å². The molecule has 1 N–H and O–H groups in total. The number of carbonyl (C=O) groups is 1. The maximum atomic E-state index is 13.4. The lowest BCUT2D eigenvalue weighted by Gasteiger charge is -2.39. The molecule has 0 saturated carbocycles. The summed E-state index contributed by atoms with van der Waals surface area (Å²) in [6.07, 6.45) is 1.77. The fraction of sp³-hybridized carbons (Fsp3) is 0.694. The van der Waals surface area contributed by atoms with Crippen molar-refractivity contribution in [3.05, 3.63) is 29.3 Å². The quantitative estimate of drug-likeness (QED) is 0.0866. The molecule has 1 heterocycles. The highest BCUT2D eigenvalue weighted by Gasteiger charge is 2.44. The van der Waals surface area contributed by atoms with Crippen LogP contribution in [0.1, 0.15) is 70.8 Å². The van der Waals surface area contributed by atoms with E-state index >= 15 is 0 Å². The van der Waals surface area contributed by atoms with E-state index in [-0.39, 0.29) is 29.4 Å². The van der Waals surface area contributed by atoms with Crippen molar-refractivity contribution in [2.24, 2.45) is 5.92 Å². The van der Waals surface area contributed by atoms with Gasteiger partial charge in [-0.25, -0.2) is 4.79 Å². The van der Waals surface area contributed by atoms with E-state index in [1.165, 1.54) is 7.11 Å². The van der Waals surface area contributed by atoms with Crippen molar-refractivity contribution in [2.75, 3.05) is 27.6 Å². The van der Waals surface area contributed by atoms with Crippen molar-refractivity contribution in [1.29, 1.82) is 0 Å². The summed E-state index contributed by atoms with van der Waals surface area (Å²) in [7, 11) is -0.308. The number of esters is 1. The summed E-state index contributed by atoms with van der Waals surface area (Å²) in [6.45, 7) is 25.7. The molecule has 1 aromatic carbocycles. The number of carbonyl (C=O) groups excluding carboxylic acids is 1. The highest BCUT2D eigenvalue weighted by molar-refractivity contribution is 6.76. The maximum Gasteiger partial charge on any atom is 0.342 e. The van der Waals surface area contributed by atoms with Gasteiger partial charge < -0.3 is 38.0 Å². The molecule has 5 atom stereocenters. The Morgan fingerprint density at radius 2 is 1.74 bits per heavy atom. The number of aliphatic hydroxyl groups excluding tert-OH is 1. The Balaban J connectivity index is 2.29. The zero-order chi connectivity index (χ0) is 35.8. The van der Waals surface area contributed by atoms with Crippen LogP contribution in [0.25, 0.3) is 6.08 Å². The highest BCUT2D eigenvalue weighted by Crippen LogP contribution is 2.38. The second-order valence-electron chi connectivity index (χ2n) is 15.5. The molecule has 0 aromatic heterocycles. The largest absolute Gasteiger partial charge is 0.497 e. The van der Waals surface area contributed by atoms with E-state index in [0.29, 0.717) is 30.1 Å². The summed E-state index contributed by atoms with van der Waals surface area (Å²) in [5.74, 6) is 5.55. The SMILES string of the molecule is COCOc1cc(OC)cc(C=CC[C@@H]2OC(C)(C)O[C@@H]2C(O)C#C[C@H](C)[C@H](C)O[Si](C)(C)C(C)(C)C)c1C(=O)OCC[Si](C)(C)C. The lowest BCUT2D eigenvalue weighted by molar-refractivity contribution is -0.151. The predicted octanol–water partition coefficient (Wildman–Crippen LogP) is 7.51. The van der Waals surface area contributed by atoms with Gasteiger partial charge in [-0.2, -0.15) is 0 Å². The first-order valence-corrected chi connectivity index (χ1v) is 23.1. The fourth-order valence-corrected chi connectivity index (χ4v) is 6.84. The standard InChI is InChI=1S/C36H60O9Si2/c1-25(26(2)45-47(13,14)35(3,4)5)18-19-29(37)33-30(43-36(6,7)44-33)17-15-16-27-22-28(40-9)23-31(42-24-39-8)32(27)34(38)41-20-21-46(10,11)12/h15-16,22-23,25-26,29-30,33,37H,17,20-21,24H2,1-14H3/t25-,26-,29?,30-,33+/m0/s1. The van der Waals surface area contributed by atoms with Gasteiger partial charge >= 0.3 is 5.97 Å². The van der Waals surface area contributed by atoms with Crippen LogP contribution in [0, 0.1) is 17.8 Å². The van der Waals surface area contributed by atoms with Crippen molar-refractivity contribution in [2.45, 2.75) is 129 Å². The smallest absolute Gasteiger partial charge is 0.342 e. The number of aliphatic hydroxyl groups is 1. The van der Waals surface area contributed by atoms with Gasteiger partial charge in [-0.15, -0.1) is 0 Å². The molecule has 9 nitrogen and oxygen atoms in total. The minimum Gasteiger partial charge on any atom is -0.497 e. The van der Waals surface area contributed by atoms with Gasteiger partial charge in [-0.05, 0) is 69.9 Å². The molecule has 0 amide bonds. The van der Waals surface area contributed by atoms with E-state index < -0.39 is 46.5 Å². The molecule has 0 aliphatic carbocycles. The lowest BCUT2D eigenvalue weighted by atomic mass is 10.0. The van der Waals surface area contributed by atoms with E-state index in [2.05, 4.69) is 65.3 Å². The van der Waals surface area contributed by atoms with E-state index in [1.807, 2.05) is 39.8 Å². The first kappa shape index (κ1) is 41.0. The molecular weight excluding hydrogens is 633 g/mol. The third kappa shape index (κ3) is 12.7. The molecule has 1 aliphatic heterocycles. The summed E-state index contributed by atoms with van der Waals surface area (Å²) >= 11 is 0. The van der Waals surface area contributed by atoms with E-state index in [9.17, 15) is 9.90 Å². The van der Waals surface area contributed by atoms with Crippen LogP contribution in [0.15, 0.2) is 18.2 Å². The average Bonchev–Trinajstić information content (AvgIpc) is 3.26. The molecule has 0 spiro atoms. The summed E-state index contributed by atoms with van der Waals surface area (Å²) < 4.78 is 40.9. The Kier molecular flexibility index (Phi) is 14.8. The van der Waals surface area contributed by atoms with Gasteiger partial charge in [0, 0.05) is 27.2 Å². The summed E-state index contributed by atoms with van der Waals surface area (Å²) in [5, 5.41) is 11.3. The molecule has 1 saturated heterocycles. The van der Waals surface area contributed by atoms with Crippen molar-refractivity contribution in [3.63, 3.8) is 0 Å².